The summed E-state index contributed by atoms with van der Waals surface area (Å²) < 4.78 is 0. The fourth-order valence-electron chi connectivity index (χ4n) is 6.12. The number of carboxylic acids is 1. The van der Waals surface area contributed by atoms with E-state index in [0.29, 0.717) is 11.8 Å². The lowest BCUT2D eigenvalue weighted by molar-refractivity contribution is -0.120. The molecule has 0 spiro atoms. The van der Waals surface area contributed by atoms with Crippen LogP contribution in [0.15, 0.2) is 58.3 Å². The van der Waals surface area contributed by atoms with Gasteiger partial charge in [0.2, 0.25) is 5.91 Å². The van der Waals surface area contributed by atoms with Crippen LogP contribution < -0.4 is 5.32 Å². The Kier molecular flexibility index (Phi) is 13.1. The molecule has 0 atom stereocenters. The van der Waals surface area contributed by atoms with E-state index in [1.54, 1.807) is 23.9 Å². The van der Waals surface area contributed by atoms with Gasteiger partial charge in [-0.1, -0.05) is 139 Å². The maximum atomic E-state index is 13.0. The number of aromatic carboxylic acids is 1. The number of hydrogen-bond acceptors (Lipinski definition) is 4. The lowest BCUT2D eigenvalue weighted by Crippen LogP contribution is -2.31. The second-order valence-corrected chi connectivity index (χ2v) is 13.0. The zero-order valence-corrected chi connectivity index (χ0v) is 26.5. The molecule has 1 aliphatic heterocycles. The van der Waals surface area contributed by atoms with Crippen molar-refractivity contribution in [3.63, 3.8) is 0 Å². The summed E-state index contributed by atoms with van der Waals surface area (Å²) in [5.74, 6) is -2.17. The van der Waals surface area contributed by atoms with Gasteiger partial charge in [-0.25, -0.2) is 4.79 Å². The number of amides is 2. The zero-order chi connectivity index (χ0) is 30.4. The average molecular weight is 602 g/mol. The summed E-state index contributed by atoms with van der Waals surface area (Å²) in [6.45, 7) is 2.26. The van der Waals surface area contributed by atoms with E-state index < -0.39 is 11.9 Å². The predicted molar refractivity (Wildman–Crippen MR) is 176 cm³/mol. The number of carbonyl (C=O) groups is 3. The molecule has 2 amide bonds. The first-order chi connectivity index (χ1) is 21.0. The molecule has 0 saturated carbocycles. The van der Waals surface area contributed by atoms with E-state index in [2.05, 4.69) is 24.4 Å². The molecule has 6 heteroatoms. The van der Waals surface area contributed by atoms with E-state index >= 15 is 0 Å². The molecule has 4 rings (SSSR count). The number of imide groups is 1. The second kappa shape index (κ2) is 17.2. The number of hydrogen-bond donors (Lipinski definition) is 2. The molecule has 5 nitrogen and oxygen atoms in total. The van der Waals surface area contributed by atoms with Gasteiger partial charge in [0.25, 0.3) is 5.91 Å². The van der Waals surface area contributed by atoms with Crippen LogP contribution in [0.25, 0.3) is 10.8 Å². The van der Waals surface area contributed by atoms with Gasteiger partial charge in [0.1, 0.15) is 0 Å². The standard InChI is InChI=1S/C37H47NO4S/c1-2-3-4-5-6-7-8-9-10-11-12-13-14-15-16-21-34(39)38-36(40)30-23-22-28-29(35(30)37(41)42)24-25-33-31(28)26-27-19-17-18-20-32(27)43-33/h17-20,22-25H,2-16,21,26H2,1H3,(H,41,42)(H,38,39,40). The highest BCUT2D eigenvalue weighted by Crippen LogP contribution is 2.43. The first-order valence-corrected chi connectivity index (χ1v) is 17.2. The summed E-state index contributed by atoms with van der Waals surface area (Å²) in [6, 6.07) is 15.3. The number of carboxylic acid groups (broad SMARTS) is 1. The molecule has 43 heavy (non-hydrogen) atoms. The molecule has 3 aromatic carbocycles. The Bertz CT molecular complexity index is 1400. The Morgan fingerprint density at radius 1 is 0.698 bits per heavy atom. The maximum Gasteiger partial charge on any atom is 0.337 e. The topological polar surface area (TPSA) is 83.5 Å². The van der Waals surface area contributed by atoms with E-state index in [4.69, 9.17) is 0 Å². The van der Waals surface area contributed by atoms with Crippen LogP contribution in [0.2, 0.25) is 0 Å². The van der Waals surface area contributed by atoms with Gasteiger partial charge in [-0.3, -0.25) is 14.9 Å². The van der Waals surface area contributed by atoms with Crippen molar-refractivity contribution in [3.05, 3.63) is 70.8 Å². The molecule has 3 aromatic rings. The van der Waals surface area contributed by atoms with Crippen molar-refractivity contribution in [3.8, 4) is 0 Å². The van der Waals surface area contributed by atoms with Crippen LogP contribution in [-0.4, -0.2) is 22.9 Å². The third-order valence-electron chi connectivity index (χ3n) is 8.55. The summed E-state index contributed by atoms with van der Waals surface area (Å²) in [5, 5.41) is 13.9. The Balaban J connectivity index is 1.19. The molecule has 1 heterocycles. The second-order valence-electron chi connectivity index (χ2n) is 11.9. The zero-order valence-electron chi connectivity index (χ0n) is 25.7. The molecule has 2 N–H and O–H groups in total. The highest BCUT2D eigenvalue weighted by Gasteiger charge is 2.25. The lowest BCUT2D eigenvalue weighted by Gasteiger charge is -2.21. The Labute approximate surface area is 261 Å². The Morgan fingerprint density at radius 3 is 1.91 bits per heavy atom. The van der Waals surface area contributed by atoms with E-state index in [1.807, 2.05) is 24.3 Å². The third kappa shape index (κ3) is 9.43. The van der Waals surface area contributed by atoms with Crippen molar-refractivity contribution in [2.45, 2.75) is 126 Å². The monoisotopic (exact) mass is 601 g/mol. The minimum Gasteiger partial charge on any atom is -0.478 e. The van der Waals surface area contributed by atoms with Crippen LogP contribution in [0.1, 0.15) is 141 Å². The summed E-state index contributed by atoms with van der Waals surface area (Å²) in [7, 11) is 0. The van der Waals surface area contributed by atoms with Crippen molar-refractivity contribution in [1.82, 2.24) is 5.32 Å². The molecule has 230 valence electrons. The smallest absolute Gasteiger partial charge is 0.337 e. The number of benzene rings is 3. The van der Waals surface area contributed by atoms with Gasteiger partial charge in [-0.05, 0) is 46.5 Å². The molecule has 0 radical (unpaired) electrons. The highest BCUT2D eigenvalue weighted by atomic mass is 32.2. The minimum absolute atomic E-state index is 0.0219. The average Bonchev–Trinajstić information content (AvgIpc) is 3.01. The highest BCUT2D eigenvalue weighted by molar-refractivity contribution is 7.99. The first kappa shape index (κ1) is 32.8. The molecule has 0 aromatic heterocycles. The molecule has 1 aliphatic rings. The van der Waals surface area contributed by atoms with Crippen molar-refractivity contribution in [1.29, 1.82) is 0 Å². The summed E-state index contributed by atoms with van der Waals surface area (Å²) in [4.78, 5) is 40.2. The van der Waals surface area contributed by atoms with Gasteiger partial charge in [0.15, 0.2) is 0 Å². The predicted octanol–water partition coefficient (Wildman–Crippen LogP) is 10.1. The number of rotatable bonds is 18. The van der Waals surface area contributed by atoms with Crippen LogP contribution in [0, 0.1) is 0 Å². The largest absolute Gasteiger partial charge is 0.478 e. The van der Waals surface area contributed by atoms with Crippen molar-refractivity contribution >= 4 is 40.3 Å². The molecular weight excluding hydrogens is 554 g/mol. The first-order valence-electron chi connectivity index (χ1n) is 16.4. The van der Waals surface area contributed by atoms with Gasteiger partial charge in [-0.15, -0.1) is 0 Å². The van der Waals surface area contributed by atoms with Gasteiger partial charge in [0.05, 0.1) is 11.1 Å². The molecule has 0 aliphatic carbocycles. The van der Waals surface area contributed by atoms with E-state index in [0.717, 1.165) is 35.1 Å². The summed E-state index contributed by atoms with van der Waals surface area (Å²) in [5.41, 5.74) is 2.24. The fourth-order valence-corrected chi connectivity index (χ4v) is 7.21. The van der Waals surface area contributed by atoms with Crippen LogP contribution in [0.4, 0.5) is 0 Å². The molecule has 0 fully saturated rings. The summed E-state index contributed by atoms with van der Waals surface area (Å²) >= 11 is 1.68. The van der Waals surface area contributed by atoms with Crippen LogP contribution in [0.3, 0.4) is 0 Å². The normalized spacial score (nSPS) is 12.1. The molecule has 0 bridgehead atoms. The Morgan fingerprint density at radius 2 is 1.28 bits per heavy atom. The van der Waals surface area contributed by atoms with Crippen LogP contribution >= 0.6 is 11.8 Å². The van der Waals surface area contributed by atoms with Crippen molar-refractivity contribution in [2.75, 3.05) is 0 Å². The molecular formula is C37H47NO4S. The minimum atomic E-state index is -1.17. The summed E-state index contributed by atoms with van der Waals surface area (Å²) in [6.07, 6.45) is 19.7. The van der Waals surface area contributed by atoms with Crippen LogP contribution in [0.5, 0.6) is 0 Å². The number of carbonyl (C=O) groups excluding carboxylic acids is 2. The number of unbranched alkanes of at least 4 members (excludes halogenated alkanes) is 14. The van der Waals surface area contributed by atoms with Gasteiger partial charge >= 0.3 is 5.97 Å². The fraction of sp³-hybridized carbons (Fsp3) is 0.486. The third-order valence-corrected chi connectivity index (χ3v) is 9.77. The van der Waals surface area contributed by atoms with Gasteiger partial charge in [0, 0.05) is 22.6 Å². The maximum absolute atomic E-state index is 13.0. The van der Waals surface area contributed by atoms with Gasteiger partial charge < -0.3 is 5.11 Å². The van der Waals surface area contributed by atoms with Crippen LogP contribution in [-0.2, 0) is 11.2 Å². The van der Waals surface area contributed by atoms with Crippen molar-refractivity contribution in [2.24, 2.45) is 0 Å². The SMILES string of the molecule is CCCCCCCCCCCCCCCCCC(=O)NC(=O)c1ccc2c3c(ccc2c1C(=O)O)Sc1ccccc1C3. The van der Waals surface area contributed by atoms with Crippen molar-refractivity contribution < 1.29 is 19.5 Å². The number of nitrogens with one attached hydrogen (secondary N) is 1. The number of fused-ring (bicyclic) bond motifs is 4. The van der Waals surface area contributed by atoms with Gasteiger partial charge in [-0.2, -0.15) is 0 Å². The Hall–Kier alpha value is -3.12. The van der Waals surface area contributed by atoms with E-state index in [1.165, 1.54) is 87.5 Å². The molecule has 0 saturated heterocycles. The van der Waals surface area contributed by atoms with E-state index in [9.17, 15) is 19.5 Å². The lowest BCUT2D eigenvalue weighted by atomic mass is 9.92. The van der Waals surface area contributed by atoms with E-state index in [-0.39, 0.29) is 23.5 Å². The molecule has 0 unspecified atom stereocenters. The quantitative estimate of drug-likeness (QED) is 0.111.